The number of rotatable bonds is 6. The molecule has 7 heteroatoms. The number of aromatic nitrogens is 3. The Labute approximate surface area is 125 Å². The average Bonchev–Trinajstić information content (AvgIpc) is 2.83. The van der Waals surface area contributed by atoms with Crippen LogP contribution >= 0.6 is 27.5 Å². The normalized spacial score (nSPS) is 10.9. The van der Waals surface area contributed by atoms with E-state index in [1.807, 2.05) is 24.4 Å². The van der Waals surface area contributed by atoms with Gasteiger partial charge in [0.25, 0.3) is 0 Å². The van der Waals surface area contributed by atoms with E-state index < -0.39 is 0 Å². The zero-order chi connectivity index (χ0) is 13.7. The van der Waals surface area contributed by atoms with E-state index >= 15 is 0 Å². The highest BCUT2D eigenvalue weighted by Gasteiger charge is 2.06. The SMILES string of the molecule is COCCNCc1cn(-c2ccc(Br)cc2Cl)nn1. The summed E-state index contributed by atoms with van der Waals surface area (Å²) in [5.74, 6) is 0. The number of halogens is 2. The van der Waals surface area contributed by atoms with Crippen LogP contribution < -0.4 is 5.32 Å². The van der Waals surface area contributed by atoms with Gasteiger partial charge in [0.05, 0.1) is 29.2 Å². The van der Waals surface area contributed by atoms with Crippen LogP contribution in [-0.2, 0) is 11.3 Å². The van der Waals surface area contributed by atoms with E-state index in [0.717, 1.165) is 22.4 Å². The molecule has 2 aromatic rings. The average molecular weight is 346 g/mol. The zero-order valence-corrected chi connectivity index (χ0v) is 12.8. The quantitative estimate of drug-likeness (QED) is 0.817. The number of ether oxygens (including phenoxy) is 1. The highest BCUT2D eigenvalue weighted by Crippen LogP contribution is 2.23. The first kappa shape index (κ1) is 14.5. The Morgan fingerprint density at radius 3 is 3.05 bits per heavy atom. The van der Waals surface area contributed by atoms with Crippen molar-refractivity contribution in [2.75, 3.05) is 20.3 Å². The fourth-order valence-electron chi connectivity index (χ4n) is 1.55. The lowest BCUT2D eigenvalue weighted by molar-refractivity contribution is 0.199. The first-order chi connectivity index (χ1) is 9.20. The predicted octanol–water partition coefficient (Wildman–Crippen LogP) is 2.42. The smallest absolute Gasteiger partial charge is 0.0969 e. The molecule has 0 bridgehead atoms. The third-order valence-corrected chi connectivity index (χ3v) is 3.28. The standard InChI is InChI=1S/C12H14BrClN4O/c1-19-5-4-15-7-10-8-18(17-16-10)12-3-2-9(13)6-11(12)14/h2-3,6,8,15H,4-5,7H2,1H3. The van der Waals surface area contributed by atoms with Crippen molar-refractivity contribution in [1.82, 2.24) is 20.3 Å². The number of hydrogen-bond acceptors (Lipinski definition) is 4. The van der Waals surface area contributed by atoms with Gasteiger partial charge in [0.15, 0.2) is 0 Å². The van der Waals surface area contributed by atoms with Gasteiger partial charge < -0.3 is 10.1 Å². The van der Waals surface area contributed by atoms with Gasteiger partial charge in [-0.1, -0.05) is 32.7 Å². The van der Waals surface area contributed by atoms with Crippen LogP contribution in [0.15, 0.2) is 28.9 Å². The van der Waals surface area contributed by atoms with E-state index in [-0.39, 0.29) is 0 Å². The molecule has 2 rings (SSSR count). The molecule has 0 aliphatic rings. The van der Waals surface area contributed by atoms with Crippen molar-refractivity contribution in [2.45, 2.75) is 6.54 Å². The molecule has 0 atom stereocenters. The van der Waals surface area contributed by atoms with Crippen LogP contribution in [0.2, 0.25) is 5.02 Å². The molecule has 0 unspecified atom stereocenters. The summed E-state index contributed by atoms with van der Waals surface area (Å²) in [6.07, 6.45) is 1.86. The van der Waals surface area contributed by atoms with Gasteiger partial charge in [0.1, 0.15) is 0 Å². The zero-order valence-electron chi connectivity index (χ0n) is 10.4. The molecule has 0 radical (unpaired) electrons. The van der Waals surface area contributed by atoms with E-state index in [9.17, 15) is 0 Å². The Balaban J connectivity index is 2.04. The Morgan fingerprint density at radius 1 is 1.47 bits per heavy atom. The number of methoxy groups -OCH3 is 1. The second-order valence-corrected chi connectivity index (χ2v) is 5.24. The van der Waals surface area contributed by atoms with Crippen molar-refractivity contribution in [3.05, 3.63) is 39.6 Å². The molecular formula is C12H14BrClN4O. The fraction of sp³-hybridized carbons (Fsp3) is 0.333. The Morgan fingerprint density at radius 2 is 2.32 bits per heavy atom. The number of hydrogen-bond donors (Lipinski definition) is 1. The van der Waals surface area contributed by atoms with Gasteiger partial charge in [0.2, 0.25) is 0 Å². The molecule has 0 amide bonds. The Bertz CT molecular complexity index is 546. The monoisotopic (exact) mass is 344 g/mol. The summed E-state index contributed by atoms with van der Waals surface area (Å²) < 4.78 is 7.56. The van der Waals surface area contributed by atoms with Crippen molar-refractivity contribution < 1.29 is 4.74 Å². The van der Waals surface area contributed by atoms with E-state index in [1.54, 1.807) is 11.8 Å². The summed E-state index contributed by atoms with van der Waals surface area (Å²) in [6, 6.07) is 5.64. The minimum Gasteiger partial charge on any atom is -0.383 e. The van der Waals surface area contributed by atoms with Crippen LogP contribution in [0.3, 0.4) is 0 Å². The van der Waals surface area contributed by atoms with Gasteiger partial charge in [-0.3, -0.25) is 0 Å². The van der Waals surface area contributed by atoms with Crippen molar-refractivity contribution in [3.63, 3.8) is 0 Å². The highest BCUT2D eigenvalue weighted by molar-refractivity contribution is 9.10. The van der Waals surface area contributed by atoms with Crippen LogP contribution in [0.4, 0.5) is 0 Å². The van der Waals surface area contributed by atoms with Crippen LogP contribution in [0, 0.1) is 0 Å². The summed E-state index contributed by atoms with van der Waals surface area (Å²) in [5.41, 5.74) is 1.66. The molecule has 102 valence electrons. The minimum atomic E-state index is 0.623. The highest BCUT2D eigenvalue weighted by atomic mass is 79.9. The number of nitrogens with one attached hydrogen (secondary N) is 1. The maximum absolute atomic E-state index is 6.17. The summed E-state index contributed by atoms with van der Waals surface area (Å²) in [7, 11) is 1.67. The largest absolute Gasteiger partial charge is 0.383 e. The van der Waals surface area contributed by atoms with Crippen LogP contribution in [0.5, 0.6) is 0 Å². The lowest BCUT2D eigenvalue weighted by Crippen LogP contribution is -2.18. The second-order valence-electron chi connectivity index (χ2n) is 3.92. The molecule has 0 saturated heterocycles. The second kappa shape index (κ2) is 7.00. The van der Waals surface area contributed by atoms with Gasteiger partial charge in [-0.25, -0.2) is 4.68 Å². The van der Waals surface area contributed by atoms with Gasteiger partial charge in [-0.15, -0.1) is 5.10 Å². The maximum atomic E-state index is 6.17. The van der Waals surface area contributed by atoms with Gasteiger partial charge in [-0.2, -0.15) is 0 Å². The molecule has 0 spiro atoms. The third kappa shape index (κ3) is 4.01. The van der Waals surface area contributed by atoms with Gasteiger partial charge in [-0.05, 0) is 18.2 Å². The van der Waals surface area contributed by atoms with E-state index in [4.69, 9.17) is 16.3 Å². The number of benzene rings is 1. The van der Waals surface area contributed by atoms with Crippen molar-refractivity contribution >= 4 is 27.5 Å². The summed E-state index contributed by atoms with van der Waals surface area (Å²) in [6.45, 7) is 2.10. The third-order valence-electron chi connectivity index (χ3n) is 2.49. The molecule has 19 heavy (non-hydrogen) atoms. The molecule has 1 aromatic heterocycles. The first-order valence-electron chi connectivity index (χ1n) is 5.77. The summed E-state index contributed by atoms with van der Waals surface area (Å²) in [5, 5.41) is 12.0. The Kier molecular flexibility index (Phi) is 5.33. The van der Waals surface area contributed by atoms with Crippen molar-refractivity contribution in [2.24, 2.45) is 0 Å². The topological polar surface area (TPSA) is 52.0 Å². The number of nitrogens with zero attached hydrogens (tertiary/aromatic N) is 3. The maximum Gasteiger partial charge on any atom is 0.0969 e. The lowest BCUT2D eigenvalue weighted by atomic mass is 10.3. The molecule has 0 saturated carbocycles. The predicted molar refractivity (Wildman–Crippen MR) is 77.7 cm³/mol. The van der Waals surface area contributed by atoms with Crippen LogP contribution in [0.1, 0.15) is 5.69 Å². The molecule has 1 aromatic carbocycles. The molecule has 5 nitrogen and oxygen atoms in total. The lowest BCUT2D eigenvalue weighted by Gasteiger charge is -2.03. The summed E-state index contributed by atoms with van der Waals surface area (Å²) in [4.78, 5) is 0. The molecular weight excluding hydrogens is 332 g/mol. The molecule has 0 fully saturated rings. The van der Waals surface area contributed by atoms with E-state index in [0.29, 0.717) is 18.2 Å². The van der Waals surface area contributed by atoms with Crippen LogP contribution in [-0.4, -0.2) is 35.3 Å². The van der Waals surface area contributed by atoms with Gasteiger partial charge in [0, 0.05) is 24.7 Å². The fourth-order valence-corrected chi connectivity index (χ4v) is 2.31. The summed E-state index contributed by atoms with van der Waals surface area (Å²) >= 11 is 9.54. The van der Waals surface area contributed by atoms with Gasteiger partial charge >= 0.3 is 0 Å². The van der Waals surface area contributed by atoms with Crippen LogP contribution in [0.25, 0.3) is 5.69 Å². The molecule has 1 N–H and O–H groups in total. The first-order valence-corrected chi connectivity index (χ1v) is 6.94. The van der Waals surface area contributed by atoms with Crippen molar-refractivity contribution in [3.8, 4) is 5.69 Å². The minimum absolute atomic E-state index is 0.623. The molecule has 1 heterocycles. The molecule has 0 aliphatic heterocycles. The van der Waals surface area contributed by atoms with Crippen molar-refractivity contribution in [1.29, 1.82) is 0 Å². The van der Waals surface area contributed by atoms with E-state index in [1.165, 1.54) is 0 Å². The van der Waals surface area contributed by atoms with E-state index in [2.05, 4.69) is 31.6 Å². The molecule has 0 aliphatic carbocycles. The Hall–Kier alpha value is -0.950.